The van der Waals surface area contributed by atoms with Gasteiger partial charge < -0.3 is 15.2 Å². The molecular formula is C17H31Cl2N5O2. The molecule has 1 aromatic rings. The van der Waals surface area contributed by atoms with E-state index in [1.54, 1.807) is 0 Å². The Kier molecular flexibility index (Phi) is 9.30. The Hall–Kier alpha value is -0.890. The van der Waals surface area contributed by atoms with Gasteiger partial charge in [-0.05, 0) is 26.2 Å². The quantitative estimate of drug-likeness (QED) is 0.822. The molecule has 0 spiro atoms. The Morgan fingerprint density at radius 2 is 1.96 bits per heavy atom. The van der Waals surface area contributed by atoms with E-state index >= 15 is 0 Å². The fraction of sp³-hybridized carbons (Fsp3) is 0.824. The molecule has 1 amide bonds. The number of piperazine rings is 1. The lowest BCUT2D eigenvalue weighted by atomic mass is 9.85. The van der Waals surface area contributed by atoms with Crippen LogP contribution in [0.25, 0.3) is 0 Å². The van der Waals surface area contributed by atoms with Gasteiger partial charge in [-0.15, -0.1) is 24.8 Å². The highest BCUT2D eigenvalue weighted by atomic mass is 35.5. The summed E-state index contributed by atoms with van der Waals surface area (Å²) in [5.74, 6) is 1.84. The molecule has 3 rings (SSSR count). The maximum Gasteiger partial charge on any atom is 0.243 e. The number of hydrogen-bond acceptors (Lipinski definition) is 6. The molecule has 3 unspecified atom stereocenters. The minimum atomic E-state index is 0. The zero-order valence-corrected chi connectivity index (χ0v) is 17.2. The van der Waals surface area contributed by atoms with Gasteiger partial charge in [-0.3, -0.25) is 9.69 Å². The van der Waals surface area contributed by atoms with E-state index in [0.29, 0.717) is 11.8 Å². The molecule has 0 radical (unpaired) electrons. The summed E-state index contributed by atoms with van der Waals surface area (Å²) in [5.41, 5.74) is 6.03. The SMILES string of the molecule is CCc1noc(C(C)N2CCN(C(=O)C3CCCC(N)C3)CC2)n1.Cl.Cl. The normalized spacial score (nSPS) is 25.1. The third-order valence-electron chi connectivity index (χ3n) is 5.40. The van der Waals surface area contributed by atoms with E-state index in [-0.39, 0.29) is 42.8 Å². The molecule has 0 bridgehead atoms. The third-order valence-corrected chi connectivity index (χ3v) is 5.40. The summed E-state index contributed by atoms with van der Waals surface area (Å²) in [6.45, 7) is 7.32. The predicted octanol–water partition coefficient (Wildman–Crippen LogP) is 2.20. The smallest absolute Gasteiger partial charge is 0.243 e. The van der Waals surface area contributed by atoms with Crippen LogP contribution in [0.5, 0.6) is 0 Å². The van der Waals surface area contributed by atoms with Crippen LogP contribution in [0.2, 0.25) is 0 Å². The summed E-state index contributed by atoms with van der Waals surface area (Å²) in [7, 11) is 0. The van der Waals surface area contributed by atoms with Crippen molar-refractivity contribution >= 4 is 30.7 Å². The summed E-state index contributed by atoms with van der Waals surface area (Å²) in [4.78, 5) is 21.4. The van der Waals surface area contributed by atoms with Gasteiger partial charge in [0.25, 0.3) is 0 Å². The maximum absolute atomic E-state index is 12.7. The van der Waals surface area contributed by atoms with Crippen LogP contribution in [0.15, 0.2) is 4.52 Å². The van der Waals surface area contributed by atoms with E-state index in [0.717, 1.165) is 64.1 Å². The summed E-state index contributed by atoms with van der Waals surface area (Å²) in [5, 5.41) is 3.97. The highest BCUT2D eigenvalue weighted by Crippen LogP contribution is 2.26. The van der Waals surface area contributed by atoms with Crippen molar-refractivity contribution in [2.45, 2.75) is 58.0 Å². The van der Waals surface area contributed by atoms with E-state index in [9.17, 15) is 4.79 Å². The Morgan fingerprint density at radius 3 is 2.54 bits per heavy atom. The number of rotatable bonds is 4. The molecule has 7 nitrogen and oxygen atoms in total. The first kappa shape index (κ1) is 23.1. The van der Waals surface area contributed by atoms with E-state index in [4.69, 9.17) is 10.3 Å². The van der Waals surface area contributed by atoms with Crippen molar-refractivity contribution in [3.05, 3.63) is 11.7 Å². The minimum Gasteiger partial charge on any atom is -0.340 e. The van der Waals surface area contributed by atoms with Crippen LogP contribution in [-0.4, -0.2) is 58.1 Å². The molecule has 2 aliphatic rings. The average Bonchev–Trinajstić information content (AvgIpc) is 3.10. The number of amides is 1. The van der Waals surface area contributed by atoms with Crippen LogP contribution in [-0.2, 0) is 11.2 Å². The van der Waals surface area contributed by atoms with Crippen LogP contribution in [0, 0.1) is 5.92 Å². The Bertz CT molecular complexity index is 563. The molecule has 1 aliphatic carbocycles. The minimum absolute atomic E-state index is 0. The first-order valence-corrected chi connectivity index (χ1v) is 9.19. The lowest BCUT2D eigenvalue weighted by Gasteiger charge is -2.39. The lowest BCUT2D eigenvalue weighted by Crippen LogP contribution is -2.51. The molecule has 0 aromatic carbocycles. The number of hydrogen-bond donors (Lipinski definition) is 1. The highest BCUT2D eigenvalue weighted by Gasteiger charge is 2.32. The number of aromatic nitrogens is 2. The van der Waals surface area contributed by atoms with Gasteiger partial charge in [0.05, 0.1) is 6.04 Å². The van der Waals surface area contributed by atoms with Gasteiger partial charge in [0, 0.05) is 44.6 Å². The molecule has 2 fully saturated rings. The monoisotopic (exact) mass is 407 g/mol. The molecule has 9 heteroatoms. The van der Waals surface area contributed by atoms with Gasteiger partial charge in [0.1, 0.15) is 0 Å². The number of carbonyl (C=O) groups is 1. The van der Waals surface area contributed by atoms with Crippen LogP contribution in [0.3, 0.4) is 0 Å². The van der Waals surface area contributed by atoms with Crippen molar-refractivity contribution < 1.29 is 9.32 Å². The summed E-state index contributed by atoms with van der Waals surface area (Å²) in [6.07, 6.45) is 4.74. The van der Waals surface area contributed by atoms with Crippen molar-refractivity contribution in [1.29, 1.82) is 0 Å². The van der Waals surface area contributed by atoms with Crippen LogP contribution in [0.1, 0.15) is 57.3 Å². The number of aryl methyl sites for hydroxylation is 1. The second-order valence-corrected chi connectivity index (χ2v) is 7.06. The van der Waals surface area contributed by atoms with E-state index in [2.05, 4.69) is 22.0 Å². The first-order valence-electron chi connectivity index (χ1n) is 9.19. The highest BCUT2D eigenvalue weighted by molar-refractivity contribution is 5.85. The fourth-order valence-corrected chi connectivity index (χ4v) is 3.78. The van der Waals surface area contributed by atoms with Gasteiger partial charge >= 0.3 is 0 Å². The van der Waals surface area contributed by atoms with Gasteiger partial charge in [0.15, 0.2) is 5.82 Å². The number of carbonyl (C=O) groups excluding carboxylic acids is 1. The van der Waals surface area contributed by atoms with Gasteiger partial charge in [-0.2, -0.15) is 4.98 Å². The maximum atomic E-state index is 12.7. The molecule has 150 valence electrons. The fourth-order valence-electron chi connectivity index (χ4n) is 3.78. The van der Waals surface area contributed by atoms with Crippen molar-refractivity contribution in [1.82, 2.24) is 19.9 Å². The van der Waals surface area contributed by atoms with Gasteiger partial charge in [0.2, 0.25) is 11.8 Å². The van der Waals surface area contributed by atoms with Crippen molar-refractivity contribution in [2.75, 3.05) is 26.2 Å². The van der Waals surface area contributed by atoms with E-state index in [1.165, 1.54) is 0 Å². The second kappa shape index (κ2) is 10.4. The second-order valence-electron chi connectivity index (χ2n) is 7.06. The molecule has 1 aromatic heterocycles. The van der Waals surface area contributed by atoms with Crippen LogP contribution < -0.4 is 5.73 Å². The first-order chi connectivity index (χ1) is 11.6. The summed E-state index contributed by atoms with van der Waals surface area (Å²) < 4.78 is 5.35. The van der Waals surface area contributed by atoms with Crippen molar-refractivity contribution in [3.8, 4) is 0 Å². The van der Waals surface area contributed by atoms with Crippen LogP contribution >= 0.6 is 24.8 Å². The zero-order valence-electron chi connectivity index (χ0n) is 15.6. The van der Waals surface area contributed by atoms with E-state index < -0.39 is 0 Å². The predicted molar refractivity (Wildman–Crippen MR) is 105 cm³/mol. The molecule has 2 heterocycles. The number of nitrogens with two attached hydrogens (primary N) is 1. The standard InChI is InChI=1S/C17H29N5O2.2ClH/c1-3-15-19-16(24-20-15)12(2)21-7-9-22(10-8-21)17(23)13-5-4-6-14(18)11-13;;/h12-14H,3-11,18H2,1-2H3;2*1H. The summed E-state index contributed by atoms with van der Waals surface area (Å²) >= 11 is 0. The van der Waals surface area contributed by atoms with Crippen molar-refractivity contribution in [2.24, 2.45) is 11.7 Å². The average molecular weight is 408 g/mol. The molecule has 1 saturated carbocycles. The molecular weight excluding hydrogens is 377 g/mol. The Balaban J connectivity index is 0.00000169. The summed E-state index contributed by atoms with van der Waals surface area (Å²) in [6, 6.07) is 0.289. The zero-order chi connectivity index (χ0) is 17.1. The number of halogens is 2. The molecule has 1 aliphatic heterocycles. The molecule has 2 N–H and O–H groups in total. The molecule has 1 saturated heterocycles. The van der Waals surface area contributed by atoms with Crippen LogP contribution in [0.4, 0.5) is 0 Å². The van der Waals surface area contributed by atoms with Gasteiger partial charge in [-0.1, -0.05) is 18.5 Å². The lowest BCUT2D eigenvalue weighted by molar-refractivity contribution is -0.138. The van der Waals surface area contributed by atoms with E-state index in [1.807, 2.05) is 11.8 Å². The third kappa shape index (κ3) is 5.31. The Labute approximate surface area is 167 Å². The van der Waals surface area contributed by atoms with Crippen molar-refractivity contribution in [3.63, 3.8) is 0 Å². The number of nitrogens with zero attached hydrogens (tertiary/aromatic N) is 4. The topological polar surface area (TPSA) is 88.5 Å². The Morgan fingerprint density at radius 1 is 1.27 bits per heavy atom. The van der Waals surface area contributed by atoms with Gasteiger partial charge in [-0.25, -0.2) is 0 Å². The molecule has 3 atom stereocenters. The largest absolute Gasteiger partial charge is 0.340 e. The molecule has 26 heavy (non-hydrogen) atoms.